The summed E-state index contributed by atoms with van der Waals surface area (Å²) in [6.45, 7) is 1.98. The van der Waals surface area contributed by atoms with E-state index in [1.54, 1.807) is 6.20 Å². The molecule has 0 amide bonds. The molecule has 0 aliphatic carbocycles. The van der Waals surface area contributed by atoms with Crippen LogP contribution in [0, 0.1) is 6.92 Å². The number of aromatic amines is 1. The van der Waals surface area contributed by atoms with Crippen LogP contribution in [0.2, 0.25) is 0 Å². The Hall–Kier alpha value is -1.14. The van der Waals surface area contributed by atoms with Crippen LogP contribution in [-0.4, -0.2) is 15.0 Å². The first-order valence-corrected chi connectivity index (χ1v) is 6.12. The van der Waals surface area contributed by atoms with Crippen LogP contribution in [0.3, 0.4) is 0 Å². The molecule has 0 unspecified atom stereocenters. The third-order valence-electron chi connectivity index (χ3n) is 1.89. The third kappa shape index (κ3) is 2.51. The van der Waals surface area contributed by atoms with Gasteiger partial charge in [0.1, 0.15) is 5.03 Å². The van der Waals surface area contributed by atoms with Gasteiger partial charge in [-0.25, -0.2) is 9.97 Å². The van der Waals surface area contributed by atoms with Crippen molar-refractivity contribution in [3.05, 3.63) is 44.9 Å². The number of halogens is 1. The fraction of sp³-hybridized carbons (Fsp3) is 0.100. The molecule has 2 aromatic heterocycles. The van der Waals surface area contributed by atoms with E-state index in [4.69, 9.17) is 0 Å². The second kappa shape index (κ2) is 4.80. The average molecular weight is 298 g/mol. The van der Waals surface area contributed by atoms with Gasteiger partial charge in [-0.2, -0.15) is 0 Å². The maximum absolute atomic E-state index is 11.1. The van der Waals surface area contributed by atoms with Crippen LogP contribution >= 0.6 is 27.7 Å². The molecule has 0 spiro atoms. The Balaban J connectivity index is 2.34. The van der Waals surface area contributed by atoms with E-state index in [1.165, 1.54) is 24.0 Å². The zero-order valence-electron chi connectivity index (χ0n) is 8.40. The molecular formula is C10H8BrN3OS. The highest BCUT2D eigenvalue weighted by atomic mass is 79.9. The van der Waals surface area contributed by atoms with Crippen molar-refractivity contribution in [1.82, 2.24) is 15.0 Å². The largest absolute Gasteiger partial charge is 0.301 e. The van der Waals surface area contributed by atoms with Crippen molar-refractivity contribution in [3.63, 3.8) is 0 Å². The quantitative estimate of drug-likeness (QED) is 0.865. The summed E-state index contributed by atoms with van der Waals surface area (Å²) in [7, 11) is 0. The summed E-state index contributed by atoms with van der Waals surface area (Å²) in [5.74, 6) is 0. The molecule has 2 aromatic rings. The molecule has 0 atom stereocenters. The first-order valence-electron chi connectivity index (χ1n) is 4.51. The van der Waals surface area contributed by atoms with Gasteiger partial charge in [-0.15, -0.1) is 0 Å². The lowest BCUT2D eigenvalue weighted by Gasteiger charge is -2.03. The number of nitrogens with one attached hydrogen (secondary N) is 1. The van der Waals surface area contributed by atoms with Gasteiger partial charge in [0, 0.05) is 18.5 Å². The third-order valence-corrected chi connectivity index (χ3v) is 4.06. The molecule has 0 saturated carbocycles. The van der Waals surface area contributed by atoms with Crippen LogP contribution in [0.15, 0.2) is 44.0 Å². The lowest BCUT2D eigenvalue weighted by Crippen LogP contribution is -2.05. The summed E-state index contributed by atoms with van der Waals surface area (Å²) in [5.41, 5.74) is 0.928. The SMILES string of the molecule is Cc1ccnc(Sc2nccc(=O)[nH]2)c1Br. The molecule has 4 nitrogen and oxygen atoms in total. The van der Waals surface area contributed by atoms with Crippen LogP contribution in [0.4, 0.5) is 0 Å². The monoisotopic (exact) mass is 297 g/mol. The van der Waals surface area contributed by atoms with E-state index in [0.717, 1.165) is 15.1 Å². The van der Waals surface area contributed by atoms with Crippen molar-refractivity contribution in [1.29, 1.82) is 0 Å². The summed E-state index contributed by atoms with van der Waals surface area (Å²) in [6.07, 6.45) is 3.20. The molecule has 0 fully saturated rings. The molecule has 0 aromatic carbocycles. The van der Waals surface area contributed by atoms with Gasteiger partial charge >= 0.3 is 0 Å². The Morgan fingerprint density at radius 2 is 2.06 bits per heavy atom. The minimum Gasteiger partial charge on any atom is -0.301 e. The van der Waals surface area contributed by atoms with Crippen molar-refractivity contribution in [2.75, 3.05) is 0 Å². The van der Waals surface area contributed by atoms with Crippen molar-refractivity contribution in [2.45, 2.75) is 17.1 Å². The van der Waals surface area contributed by atoms with Gasteiger partial charge in [-0.05, 0) is 46.2 Å². The first-order chi connectivity index (χ1) is 7.66. The van der Waals surface area contributed by atoms with Gasteiger partial charge in [0.25, 0.3) is 5.56 Å². The van der Waals surface area contributed by atoms with Crippen molar-refractivity contribution in [2.24, 2.45) is 0 Å². The maximum Gasteiger partial charge on any atom is 0.251 e. The Kier molecular flexibility index (Phi) is 3.40. The number of hydrogen-bond donors (Lipinski definition) is 1. The predicted molar refractivity (Wildman–Crippen MR) is 65.7 cm³/mol. The van der Waals surface area contributed by atoms with Crippen molar-refractivity contribution >= 4 is 27.7 Å². The summed E-state index contributed by atoms with van der Waals surface area (Å²) in [4.78, 5) is 22.0. The van der Waals surface area contributed by atoms with Crippen molar-refractivity contribution < 1.29 is 0 Å². The highest BCUT2D eigenvalue weighted by molar-refractivity contribution is 9.10. The van der Waals surface area contributed by atoms with E-state index >= 15 is 0 Å². The number of aromatic nitrogens is 3. The van der Waals surface area contributed by atoms with Gasteiger partial charge in [-0.3, -0.25) is 4.79 Å². The van der Waals surface area contributed by atoms with E-state index in [-0.39, 0.29) is 5.56 Å². The standard InChI is InChI=1S/C10H8BrN3OS/c1-6-2-4-12-9(8(6)11)16-10-13-5-3-7(15)14-10/h2-5H,1H3,(H,13,14,15). The Morgan fingerprint density at radius 1 is 1.31 bits per heavy atom. The highest BCUT2D eigenvalue weighted by Gasteiger charge is 2.07. The molecule has 0 aliphatic heterocycles. The molecule has 6 heteroatoms. The molecular weight excluding hydrogens is 290 g/mol. The molecule has 2 heterocycles. The van der Waals surface area contributed by atoms with E-state index in [2.05, 4.69) is 30.9 Å². The molecule has 0 saturated heterocycles. The predicted octanol–water partition coefficient (Wildman–Crippen LogP) is 2.39. The van der Waals surface area contributed by atoms with Crippen LogP contribution < -0.4 is 5.56 Å². The lowest BCUT2D eigenvalue weighted by atomic mass is 10.3. The normalized spacial score (nSPS) is 10.4. The van der Waals surface area contributed by atoms with E-state index in [1.807, 2.05) is 13.0 Å². The summed E-state index contributed by atoms with van der Waals surface area (Å²) >= 11 is 4.77. The van der Waals surface area contributed by atoms with Gasteiger partial charge < -0.3 is 4.98 Å². The zero-order chi connectivity index (χ0) is 11.5. The van der Waals surface area contributed by atoms with E-state index in [0.29, 0.717) is 5.16 Å². The molecule has 16 heavy (non-hydrogen) atoms. The molecule has 82 valence electrons. The average Bonchev–Trinajstić information content (AvgIpc) is 2.25. The van der Waals surface area contributed by atoms with Crippen LogP contribution in [-0.2, 0) is 0 Å². The lowest BCUT2D eigenvalue weighted by molar-refractivity contribution is 0.929. The second-order valence-electron chi connectivity index (χ2n) is 3.09. The maximum atomic E-state index is 11.1. The first kappa shape index (κ1) is 11.3. The van der Waals surface area contributed by atoms with Gasteiger partial charge in [0.2, 0.25) is 0 Å². The van der Waals surface area contributed by atoms with Gasteiger partial charge in [0.15, 0.2) is 5.16 Å². The molecule has 1 N–H and O–H groups in total. The molecule has 0 radical (unpaired) electrons. The second-order valence-corrected chi connectivity index (χ2v) is 4.86. The Bertz CT molecular complexity index is 570. The fourth-order valence-corrected chi connectivity index (χ4v) is 2.37. The zero-order valence-corrected chi connectivity index (χ0v) is 10.8. The van der Waals surface area contributed by atoms with Crippen molar-refractivity contribution in [3.8, 4) is 0 Å². The molecule has 0 bridgehead atoms. The number of hydrogen-bond acceptors (Lipinski definition) is 4. The van der Waals surface area contributed by atoms with Gasteiger partial charge in [0.05, 0.1) is 4.47 Å². The Morgan fingerprint density at radius 3 is 2.81 bits per heavy atom. The smallest absolute Gasteiger partial charge is 0.251 e. The van der Waals surface area contributed by atoms with Crippen LogP contribution in [0.1, 0.15) is 5.56 Å². The number of pyridine rings is 1. The van der Waals surface area contributed by atoms with E-state index in [9.17, 15) is 4.79 Å². The number of rotatable bonds is 2. The van der Waals surface area contributed by atoms with Gasteiger partial charge in [-0.1, -0.05) is 0 Å². The number of H-pyrrole nitrogens is 1. The summed E-state index contributed by atoms with van der Waals surface area (Å²) in [5, 5.41) is 1.32. The summed E-state index contributed by atoms with van der Waals surface area (Å²) < 4.78 is 0.923. The Labute approximate surface area is 105 Å². The van der Waals surface area contributed by atoms with Crippen LogP contribution in [0.25, 0.3) is 0 Å². The topological polar surface area (TPSA) is 58.6 Å². The fourth-order valence-electron chi connectivity index (χ4n) is 1.08. The minimum atomic E-state index is -0.165. The van der Waals surface area contributed by atoms with Crippen LogP contribution in [0.5, 0.6) is 0 Å². The number of aryl methyl sites for hydroxylation is 1. The van der Waals surface area contributed by atoms with E-state index < -0.39 is 0 Å². The number of nitrogens with zero attached hydrogens (tertiary/aromatic N) is 2. The minimum absolute atomic E-state index is 0.165. The molecule has 0 aliphatic rings. The highest BCUT2D eigenvalue weighted by Crippen LogP contribution is 2.30. The molecule has 2 rings (SSSR count). The summed E-state index contributed by atoms with van der Waals surface area (Å²) in [6, 6.07) is 3.29.